The molecule has 1 atom stereocenters. The number of nitrogens with zero attached hydrogens (tertiary/aromatic N) is 2. The molecule has 0 bridgehead atoms. The number of aromatic hydroxyl groups is 1. The molecule has 1 fully saturated rings. The van der Waals surface area contributed by atoms with Crippen LogP contribution in [0, 0.1) is 5.82 Å². The fraction of sp³-hybridized carbons (Fsp3) is 0.0833. The van der Waals surface area contributed by atoms with E-state index in [1.165, 1.54) is 12.4 Å². The van der Waals surface area contributed by atoms with Gasteiger partial charge in [0.25, 0.3) is 5.91 Å². The number of amides is 1. The Balaban J connectivity index is 1.92. The van der Waals surface area contributed by atoms with E-state index < -0.39 is 39.3 Å². The van der Waals surface area contributed by atoms with Crippen LogP contribution in [0.2, 0.25) is 5.02 Å². The minimum atomic E-state index is -4.06. The van der Waals surface area contributed by atoms with Crippen molar-refractivity contribution in [2.24, 2.45) is 0 Å². The van der Waals surface area contributed by atoms with Crippen molar-refractivity contribution in [1.29, 1.82) is 0 Å². The second kappa shape index (κ2) is 5.85. The number of nitrogens with one attached hydrogen (secondary N) is 3. The Morgan fingerprint density at radius 1 is 1.29 bits per heavy atom. The Morgan fingerprint density at radius 3 is 2.50 bits per heavy atom. The van der Waals surface area contributed by atoms with Gasteiger partial charge in [-0.15, -0.1) is 0 Å². The topological polar surface area (TPSA) is 133 Å². The molecule has 1 aromatic carbocycles. The smallest absolute Gasteiger partial charge is 0.302 e. The lowest BCUT2D eigenvalue weighted by molar-refractivity contribution is -0.120. The van der Waals surface area contributed by atoms with Crippen LogP contribution < -0.4 is 14.8 Å². The molecule has 12 heteroatoms. The van der Waals surface area contributed by atoms with E-state index in [-0.39, 0.29) is 11.6 Å². The van der Waals surface area contributed by atoms with Gasteiger partial charge in [0.05, 0.1) is 23.0 Å². The van der Waals surface area contributed by atoms with E-state index in [1.54, 1.807) is 4.72 Å². The number of phenols is 1. The largest absolute Gasteiger partial charge is 0.507 e. The number of halogens is 2. The number of benzene rings is 1. The molecule has 1 aromatic heterocycles. The fourth-order valence-electron chi connectivity index (χ4n) is 2.09. The number of carbonyl (C=O) groups excluding carboxylic acids is 1. The molecule has 0 saturated carbocycles. The van der Waals surface area contributed by atoms with Gasteiger partial charge in [-0.3, -0.25) is 4.79 Å². The Labute approximate surface area is 140 Å². The molecule has 126 valence electrons. The van der Waals surface area contributed by atoms with E-state index in [4.69, 9.17) is 11.6 Å². The highest BCUT2D eigenvalue weighted by molar-refractivity contribution is 7.88. The third kappa shape index (κ3) is 3.22. The molecular formula is C12H9ClFN5O4S. The van der Waals surface area contributed by atoms with E-state index >= 15 is 0 Å². The van der Waals surface area contributed by atoms with Gasteiger partial charge in [-0.2, -0.15) is 13.1 Å². The monoisotopic (exact) mass is 373 g/mol. The number of hydrogen-bond acceptors (Lipinski definition) is 7. The van der Waals surface area contributed by atoms with Crippen molar-refractivity contribution in [3.05, 3.63) is 40.9 Å². The van der Waals surface area contributed by atoms with Crippen LogP contribution in [-0.2, 0) is 15.0 Å². The molecule has 2 aromatic rings. The van der Waals surface area contributed by atoms with Crippen LogP contribution in [0.3, 0.4) is 0 Å². The first kappa shape index (κ1) is 16.4. The molecule has 9 nitrogen and oxygen atoms in total. The van der Waals surface area contributed by atoms with Gasteiger partial charge < -0.3 is 10.4 Å². The van der Waals surface area contributed by atoms with Gasteiger partial charge in [-0.1, -0.05) is 11.6 Å². The molecule has 2 heterocycles. The first-order valence-corrected chi connectivity index (χ1v) is 8.22. The molecule has 3 rings (SSSR count). The lowest BCUT2D eigenvalue weighted by Gasteiger charge is -2.13. The molecule has 1 aliphatic heterocycles. The van der Waals surface area contributed by atoms with Crippen molar-refractivity contribution < 1.29 is 22.7 Å². The SMILES string of the molecule is O=C1NS(=O)(=O)NC1c1c(O)cc(Nc2ncc(Cl)cn2)cc1F. The summed E-state index contributed by atoms with van der Waals surface area (Å²) in [6.45, 7) is 0. The van der Waals surface area contributed by atoms with Crippen LogP contribution in [0.1, 0.15) is 11.6 Å². The molecule has 0 spiro atoms. The molecular weight excluding hydrogens is 365 g/mol. The van der Waals surface area contributed by atoms with Crippen molar-refractivity contribution in [2.75, 3.05) is 5.32 Å². The number of carbonyl (C=O) groups is 1. The van der Waals surface area contributed by atoms with Crippen LogP contribution in [0.4, 0.5) is 16.0 Å². The number of hydrogen-bond donors (Lipinski definition) is 4. The van der Waals surface area contributed by atoms with Gasteiger partial charge in [-0.05, 0) is 6.07 Å². The highest BCUT2D eigenvalue weighted by Gasteiger charge is 2.39. The second-order valence-electron chi connectivity index (χ2n) is 4.76. The number of anilines is 2. The number of rotatable bonds is 3. The van der Waals surface area contributed by atoms with Crippen LogP contribution >= 0.6 is 11.6 Å². The normalized spacial score (nSPS) is 19.1. The van der Waals surface area contributed by atoms with Crippen molar-refractivity contribution >= 4 is 39.4 Å². The molecule has 0 radical (unpaired) electrons. The van der Waals surface area contributed by atoms with Crippen LogP contribution in [-0.4, -0.2) is 29.4 Å². The zero-order chi connectivity index (χ0) is 17.5. The predicted molar refractivity (Wildman–Crippen MR) is 81.3 cm³/mol. The fourth-order valence-corrected chi connectivity index (χ4v) is 3.16. The van der Waals surface area contributed by atoms with Gasteiger partial charge in [0.1, 0.15) is 17.6 Å². The summed E-state index contributed by atoms with van der Waals surface area (Å²) in [5, 5.41) is 12.9. The molecule has 1 amide bonds. The van der Waals surface area contributed by atoms with E-state index in [0.717, 1.165) is 12.1 Å². The lowest BCUT2D eigenvalue weighted by atomic mass is 10.0. The van der Waals surface area contributed by atoms with Gasteiger partial charge in [0, 0.05) is 11.8 Å². The summed E-state index contributed by atoms with van der Waals surface area (Å²) >= 11 is 5.65. The second-order valence-corrected chi connectivity index (χ2v) is 6.64. The third-order valence-electron chi connectivity index (χ3n) is 3.04. The summed E-state index contributed by atoms with van der Waals surface area (Å²) in [4.78, 5) is 19.3. The van der Waals surface area contributed by atoms with Gasteiger partial charge in [-0.25, -0.2) is 19.1 Å². The molecule has 1 saturated heterocycles. The highest BCUT2D eigenvalue weighted by atomic mass is 35.5. The van der Waals surface area contributed by atoms with E-state index in [0.29, 0.717) is 5.02 Å². The van der Waals surface area contributed by atoms with Crippen molar-refractivity contribution in [3.8, 4) is 5.75 Å². The van der Waals surface area contributed by atoms with E-state index in [9.17, 15) is 22.7 Å². The Kier molecular flexibility index (Phi) is 3.99. The summed E-state index contributed by atoms with van der Waals surface area (Å²) in [7, 11) is -4.06. The maximum Gasteiger partial charge on any atom is 0.302 e. The summed E-state index contributed by atoms with van der Waals surface area (Å²) in [6, 6.07) is 0.513. The van der Waals surface area contributed by atoms with Crippen LogP contribution in [0.5, 0.6) is 5.75 Å². The maximum absolute atomic E-state index is 14.3. The maximum atomic E-state index is 14.3. The van der Waals surface area contributed by atoms with Crippen molar-refractivity contribution in [2.45, 2.75) is 6.04 Å². The number of aromatic nitrogens is 2. The van der Waals surface area contributed by atoms with Crippen molar-refractivity contribution in [3.63, 3.8) is 0 Å². The summed E-state index contributed by atoms with van der Waals surface area (Å²) in [5.74, 6) is -2.50. The Hall–Kier alpha value is -2.50. The van der Waals surface area contributed by atoms with Gasteiger partial charge in [0.15, 0.2) is 0 Å². The molecule has 1 aliphatic rings. The quantitative estimate of drug-likeness (QED) is 0.623. The van der Waals surface area contributed by atoms with Gasteiger partial charge in [0.2, 0.25) is 5.95 Å². The summed E-state index contributed by atoms with van der Waals surface area (Å²) < 4.78 is 40.4. The van der Waals surface area contributed by atoms with Gasteiger partial charge >= 0.3 is 10.2 Å². The van der Waals surface area contributed by atoms with E-state index in [2.05, 4.69) is 15.3 Å². The Morgan fingerprint density at radius 2 is 1.96 bits per heavy atom. The Bertz CT molecular complexity index is 899. The molecule has 1 unspecified atom stereocenters. The zero-order valence-electron chi connectivity index (χ0n) is 11.6. The minimum Gasteiger partial charge on any atom is -0.507 e. The predicted octanol–water partition coefficient (Wildman–Crippen LogP) is 0.724. The zero-order valence-corrected chi connectivity index (χ0v) is 13.2. The van der Waals surface area contributed by atoms with Crippen LogP contribution in [0.15, 0.2) is 24.5 Å². The average Bonchev–Trinajstić information content (AvgIpc) is 2.74. The average molecular weight is 374 g/mol. The third-order valence-corrected chi connectivity index (χ3v) is 4.25. The summed E-state index contributed by atoms with van der Waals surface area (Å²) in [5.41, 5.74) is -0.395. The van der Waals surface area contributed by atoms with Crippen LogP contribution in [0.25, 0.3) is 0 Å². The highest BCUT2D eigenvalue weighted by Crippen LogP contribution is 2.33. The standard InChI is InChI=1S/C12H9ClFN5O4S/c13-5-3-15-12(16-4-5)17-6-1-7(14)9(8(20)2-6)10-11(21)19-24(22,23)18-10/h1-4,10,18,20H,(H,19,21)(H,15,16,17). The molecule has 24 heavy (non-hydrogen) atoms. The number of phenolic OH excluding ortho intramolecular Hbond substituents is 1. The molecule has 4 N–H and O–H groups in total. The molecule has 0 aliphatic carbocycles. The van der Waals surface area contributed by atoms with E-state index in [1.807, 2.05) is 4.72 Å². The first-order chi connectivity index (χ1) is 11.2. The minimum absolute atomic E-state index is 0.0948. The first-order valence-electron chi connectivity index (χ1n) is 6.36. The van der Waals surface area contributed by atoms with Crippen molar-refractivity contribution in [1.82, 2.24) is 19.4 Å². The lowest BCUT2D eigenvalue weighted by Crippen LogP contribution is -2.24. The summed E-state index contributed by atoms with van der Waals surface area (Å²) in [6.07, 6.45) is 2.64.